The minimum Gasteiger partial charge on any atom is -0.377 e. The van der Waals surface area contributed by atoms with Crippen molar-refractivity contribution < 1.29 is 4.74 Å². The van der Waals surface area contributed by atoms with Gasteiger partial charge in [-0.25, -0.2) is 0 Å². The van der Waals surface area contributed by atoms with E-state index in [4.69, 9.17) is 10.5 Å². The van der Waals surface area contributed by atoms with Gasteiger partial charge in [-0.3, -0.25) is 0 Å². The molecule has 1 aromatic rings. The van der Waals surface area contributed by atoms with Gasteiger partial charge in [0.2, 0.25) is 0 Å². The van der Waals surface area contributed by atoms with Crippen molar-refractivity contribution >= 4 is 5.82 Å². The predicted octanol–water partition coefficient (Wildman–Crippen LogP) is 1.17. The maximum atomic E-state index is 5.89. The van der Waals surface area contributed by atoms with E-state index >= 15 is 0 Å². The van der Waals surface area contributed by atoms with Crippen LogP contribution < -0.4 is 10.6 Å². The van der Waals surface area contributed by atoms with Gasteiger partial charge in [0.25, 0.3) is 0 Å². The molecular formula is C13H22N4O. The molecule has 1 fully saturated rings. The summed E-state index contributed by atoms with van der Waals surface area (Å²) in [6.45, 7) is 9.08. The summed E-state index contributed by atoms with van der Waals surface area (Å²) in [4.78, 5) is 2.30. The molecule has 0 amide bonds. The predicted molar refractivity (Wildman–Crippen MR) is 71.6 cm³/mol. The number of anilines is 1. The van der Waals surface area contributed by atoms with E-state index in [-0.39, 0.29) is 0 Å². The number of hydrogen-bond acceptors (Lipinski definition) is 5. The molecule has 5 nitrogen and oxygen atoms in total. The molecule has 1 unspecified atom stereocenters. The summed E-state index contributed by atoms with van der Waals surface area (Å²) in [6.07, 6.45) is 1.04. The number of morpholine rings is 1. The minimum absolute atomic E-state index is 0.375. The van der Waals surface area contributed by atoms with Crippen molar-refractivity contribution in [1.82, 2.24) is 10.2 Å². The molecule has 18 heavy (non-hydrogen) atoms. The van der Waals surface area contributed by atoms with Crippen molar-refractivity contribution in [2.45, 2.75) is 39.8 Å². The molecule has 0 aliphatic carbocycles. The SMILES string of the molecule is CCC1COCCN1c1nnc(C)c(C)c1CN. The van der Waals surface area contributed by atoms with Crippen molar-refractivity contribution in [3.05, 3.63) is 16.8 Å². The number of nitrogens with two attached hydrogens (primary N) is 1. The first-order chi connectivity index (χ1) is 8.69. The lowest BCUT2D eigenvalue weighted by Gasteiger charge is -2.37. The molecule has 1 saturated heterocycles. The summed E-state index contributed by atoms with van der Waals surface area (Å²) < 4.78 is 5.53. The molecular weight excluding hydrogens is 228 g/mol. The fourth-order valence-electron chi connectivity index (χ4n) is 2.39. The monoisotopic (exact) mass is 250 g/mol. The topological polar surface area (TPSA) is 64.3 Å². The van der Waals surface area contributed by atoms with Crippen molar-refractivity contribution in [2.75, 3.05) is 24.7 Å². The van der Waals surface area contributed by atoms with Crippen LogP contribution >= 0.6 is 0 Å². The van der Waals surface area contributed by atoms with Crippen LogP contribution in [0.2, 0.25) is 0 Å². The van der Waals surface area contributed by atoms with Gasteiger partial charge in [-0.15, -0.1) is 5.10 Å². The summed E-state index contributed by atoms with van der Waals surface area (Å²) in [5.74, 6) is 0.941. The Hall–Kier alpha value is -1.20. The van der Waals surface area contributed by atoms with Gasteiger partial charge in [0.15, 0.2) is 5.82 Å². The molecule has 0 radical (unpaired) electrons. The minimum atomic E-state index is 0.375. The van der Waals surface area contributed by atoms with Crippen LogP contribution in [0.1, 0.15) is 30.2 Å². The molecule has 100 valence electrons. The molecule has 0 aromatic carbocycles. The Morgan fingerprint density at radius 1 is 1.39 bits per heavy atom. The largest absolute Gasteiger partial charge is 0.377 e. The normalized spacial score (nSPS) is 20.2. The van der Waals surface area contributed by atoms with E-state index in [1.165, 1.54) is 0 Å². The molecule has 0 saturated carbocycles. The van der Waals surface area contributed by atoms with Gasteiger partial charge in [0, 0.05) is 18.7 Å². The van der Waals surface area contributed by atoms with Crippen LogP contribution in [0.4, 0.5) is 5.82 Å². The fraction of sp³-hybridized carbons (Fsp3) is 0.692. The van der Waals surface area contributed by atoms with E-state index in [9.17, 15) is 0 Å². The number of aromatic nitrogens is 2. The molecule has 2 heterocycles. The highest BCUT2D eigenvalue weighted by Gasteiger charge is 2.25. The molecule has 1 aliphatic rings. The zero-order valence-electron chi connectivity index (χ0n) is 11.4. The van der Waals surface area contributed by atoms with Gasteiger partial charge >= 0.3 is 0 Å². The average Bonchev–Trinajstić information content (AvgIpc) is 2.41. The van der Waals surface area contributed by atoms with E-state index in [0.717, 1.165) is 48.8 Å². The van der Waals surface area contributed by atoms with E-state index in [2.05, 4.69) is 28.9 Å². The summed E-state index contributed by atoms with van der Waals surface area (Å²) in [5, 5.41) is 8.62. The Balaban J connectivity index is 2.39. The first-order valence-electron chi connectivity index (χ1n) is 6.56. The summed E-state index contributed by atoms with van der Waals surface area (Å²) in [6, 6.07) is 0.375. The Bertz CT molecular complexity index is 422. The first-order valence-corrected chi connectivity index (χ1v) is 6.56. The highest BCUT2D eigenvalue weighted by Crippen LogP contribution is 2.25. The second-order valence-corrected chi connectivity index (χ2v) is 4.75. The van der Waals surface area contributed by atoms with Gasteiger partial charge in [0.1, 0.15) is 0 Å². The van der Waals surface area contributed by atoms with Crippen LogP contribution in [0, 0.1) is 13.8 Å². The van der Waals surface area contributed by atoms with Crippen molar-refractivity contribution in [1.29, 1.82) is 0 Å². The van der Waals surface area contributed by atoms with E-state index < -0.39 is 0 Å². The number of hydrogen-bond donors (Lipinski definition) is 1. The van der Waals surface area contributed by atoms with Crippen LogP contribution in [0.3, 0.4) is 0 Å². The first kappa shape index (κ1) is 13.2. The summed E-state index contributed by atoms with van der Waals surface area (Å²) in [7, 11) is 0. The number of aryl methyl sites for hydroxylation is 1. The third kappa shape index (κ3) is 2.33. The molecule has 5 heteroatoms. The smallest absolute Gasteiger partial charge is 0.156 e. The summed E-state index contributed by atoms with van der Waals surface area (Å²) in [5.41, 5.74) is 9.12. The van der Waals surface area contributed by atoms with E-state index in [0.29, 0.717) is 12.6 Å². The van der Waals surface area contributed by atoms with Crippen LogP contribution in [-0.4, -0.2) is 36.0 Å². The Kier molecular flexibility index (Phi) is 4.14. The van der Waals surface area contributed by atoms with E-state index in [1.54, 1.807) is 0 Å². The van der Waals surface area contributed by atoms with Crippen LogP contribution in [0.25, 0.3) is 0 Å². The maximum Gasteiger partial charge on any atom is 0.156 e. The Labute approximate surface area is 108 Å². The molecule has 2 rings (SSSR count). The number of ether oxygens (including phenoxy) is 1. The second kappa shape index (κ2) is 5.63. The fourth-order valence-corrected chi connectivity index (χ4v) is 2.39. The molecule has 0 bridgehead atoms. The van der Waals surface area contributed by atoms with Gasteiger partial charge in [-0.05, 0) is 25.8 Å². The zero-order chi connectivity index (χ0) is 13.1. The number of rotatable bonds is 3. The highest BCUT2D eigenvalue weighted by molar-refractivity contribution is 5.51. The molecule has 1 atom stereocenters. The van der Waals surface area contributed by atoms with Gasteiger partial charge in [-0.1, -0.05) is 6.92 Å². The third-order valence-corrected chi connectivity index (χ3v) is 3.73. The van der Waals surface area contributed by atoms with E-state index in [1.807, 2.05) is 6.92 Å². The lowest BCUT2D eigenvalue weighted by Crippen LogP contribution is -2.46. The molecule has 2 N–H and O–H groups in total. The van der Waals surface area contributed by atoms with Crippen LogP contribution in [0.5, 0.6) is 0 Å². The van der Waals surface area contributed by atoms with Crippen molar-refractivity contribution in [3.63, 3.8) is 0 Å². The van der Waals surface area contributed by atoms with Crippen LogP contribution in [0.15, 0.2) is 0 Å². The second-order valence-electron chi connectivity index (χ2n) is 4.75. The standard InChI is InChI=1S/C13H22N4O/c1-4-11-8-18-6-5-17(11)13-12(7-14)9(2)10(3)15-16-13/h11H,4-8,14H2,1-3H3. The van der Waals surface area contributed by atoms with Gasteiger partial charge in [-0.2, -0.15) is 5.10 Å². The third-order valence-electron chi connectivity index (χ3n) is 3.73. The van der Waals surface area contributed by atoms with Gasteiger partial charge in [0.05, 0.1) is 24.9 Å². The molecule has 0 spiro atoms. The Morgan fingerprint density at radius 3 is 2.83 bits per heavy atom. The van der Waals surface area contributed by atoms with Gasteiger partial charge < -0.3 is 15.4 Å². The highest BCUT2D eigenvalue weighted by atomic mass is 16.5. The Morgan fingerprint density at radius 2 is 2.17 bits per heavy atom. The summed E-state index contributed by atoms with van der Waals surface area (Å²) >= 11 is 0. The molecule has 1 aromatic heterocycles. The lowest BCUT2D eigenvalue weighted by molar-refractivity contribution is 0.0923. The van der Waals surface area contributed by atoms with Crippen molar-refractivity contribution in [3.8, 4) is 0 Å². The number of nitrogens with zero attached hydrogens (tertiary/aromatic N) is 3. The van der Waals surface area contributed by atoms with Crippen LogP contribution in [-0.2, 0) is 11.3 Å². The maximum absolute atomic E-state index is 5.89. The quantitative estimate of drug-likeness (QED) is 0.872. The zero-order valence-corrected chi connectivity index (χ0v) is 11.4. The molecule has 1 aliphatic heterocycles. The lowest BCUT2D eigenvalue weighted by atomic mass is 10.1. The average molecular weight is 250 g/mol. The van der Waals surface area contributed by atoms with Crippen molar-refractivity contribution in [2.24, 2.45) is 5.73 Å².